The van der Waals surface area contributed by atoms with Crippen molar-refractivity contribution in [2.24, 2.45) is 0 Å². The smallest absolute Gasteiger partial charge is 0.234 e. The predicted octanol–water partition coefficient (Wildman–Crippen LogP) is 1.24. The highest BCUT2D eigenvalue weighted by Crippen LogP contribution is 2.01. The lowest BCUT2D eigenvalue weighted by molar-refractivity contribution is -0.128. The van der Waals surface area contributed by atoms with Gasteiger partial charge in [0.25, 0.3) is 0 Å². The van der Waals surface area contributed by atoms with E-state index in [1.165, 1.54) is 4.90 Å². The summed E-state index contributed by atoms with van der Waals surface area (Å²) in [4.78, 5) is 72.1. The normalized spacial score (nSPS) is 10.6. The van der Waals surface area contributed by atoms with Gasteiger partial charge in [0, 0.05) is 45.9 Å². The molecule has 0 aliphatic heterocycles. The molecule has 38 heavy (non-hydrogen) atoms. The summed E-state index contributed by atoms with van der Waals surface area (Å²) in [5.74, 6) is -0.507. The van der Waals surface area contributed by atoms with E-state index in [0.717, 1.165) is 57.8 Å². The standard InChI is InChI=1S/C27H49N5O6/c1-22(33)13-7-4-10-16-29-25(36)19-32(20-26(37)30-17-11-5-8-14-23(2)34)21-27(38)31-18-12-6-9-15-24(35)28-3/h4-21H2,1-3H3,(H,28,35)(H,29,36)(H,30,37)(H,31,38). The Morgan fingerprint density at radius 2 is 0.816 bits per heavy atom. The van der Waals surface area contributed by atoms with Crippen molar-refractivity contribution in [1.82, 2.24) is 26.2 Å². The Hall–Kier alpha value is -2.82. The summed E-state index contributed by atoms with van der Waals surface area (Å²) in [7, 11) is 1.60. The Bertz CT molecular complexity index is 703. The van der Waals surface area contributed by atoms with Gasteiger partial charge in [0.1, 0.15) is 11.6 Å². The van der Waals surface area contributed by atoms with Crippen LogP contribution in [0.2, 0.25) is 0 Å². The summed E-state index contributed by atoms with van der Waals surface area (Å²) >= 11 is 0. The van der Waals surface area contributed by atoms with Gasteiger partial charge in [-0.3, -0.25) is 24.1 Å². The number of carbonyl (C=O) groups is 6. The molecule has 0 aliphatic carbocycles. The fourth-order valence-corrected chi connectivity index (χ4v) is 3.69. The molecule has 0 heterocycles. The van der Waals surface area contributed by atoms with Crippen LogP contribution in [-0.4, -0.2) is 86.4 Å². The number of nitrogens with one attached hydrogen (secondary N) is 4. The van der Waals surface area contributed by atoms with Crippen LogP contribution < -0.4 is 21.3 Å². The second-order valence-electron chi connectivity index (χ2n) is 9.70. The first-order chi connectivity index (χ1) is 18.1. The SMILES string of the molecule is CNC(=O)CCCCCNC(=O)CN(CC(=O)NCCCCCC(C)=O)CC(=O)NCCCCCC(C)=O. The van der Waals surface area contributed by atoms with E-state index < -0.39 is 0 Å². The molecule has 0 aromatic carbocycles. The van der Waals surface area contributed by atoms with Gasteiger partial charge in [0.15, 0.2) is 0 Å². The van der Waals surface area contributed by atoms with Gasteiger partial charge in [-0.2, -0.15) is 0 Å². The first-order valence-corrected chi connectivity index (χ1v) is 13.9. The molecular formula is C27H49N5O6. The number of ketones is 2. The first kappa shape index (κ1) is 35.2. The van der Waals surface area contributed by atoms with E-state index in [-0.39, 0.29) is 54.8 Å². The minimum atomic E-state index is -0.273. The van der Waals surface area contributed by atoms with Gasteiger partial charge in [-0.25, -0.2) is 0 Å². The summed E-state index contributed by atoms with van der Waals surface area (Å²) < 4.78 is 0. The third-order valence-corrected chi connectivity index (χ3v) is 5.84. The molecule has 0 aromatic heterocycles. The predicted molar refractivity (Wildman–Crippen MR) is 146 cm³/mol. The molecule has 11 heteroatoms. The molecule has 0 saturated carbocycles. The van der Waals surface area contributed by atoms with Crippen LogP contribution >= 0.6 is 0 Å². The molecule has 0 fully saturated rings. The van der Waals surface area contributed by atoms with Gasteiger partial charge >= 0.3 is 0 Å². The van der Waals surface area contributed by atoms with Gasteiger partial charge in [-0.15, -0.1) is 0 Å². The van der Waals surface area contributed by atoms with E-state index in [9.17, 15) is 28.8 Å². The maximum absolute atomic E-state index is 12.4. The van der Waals surface area contributed by atoms with Crippen LogP contribution in [0.15, 0.2) is 0 Å². The minimum absolute atomic E-state index is 0.00616. The molecule has 0 saturated heterocycles. The molecule has 0 spiro atoms. The van der Waals surface area contributed by atoms with Crippen molar-refractivity contribution < 1.29 is 28.8 Å². The minimum Gasteiger partial charge on any atom is -0.359 e. The number of nitrogens with zero attached hydrogens (tertiary/aromatic N) is 1. The zero-order chi connectivity index (χ0) is 28.6. The maximum atomic E-state index is 12.4. The molecule has 0 atom stereocenters. The fraction of sp³-hybridized carbons (Fsp3) is 0.778. The van der Waals surface area contributed by atoms with Crippen LogP contribution in [0.1, 0.15) is 90.9 Å². The van der Waals surface area contributed by atoms with Gasteiger partial charge in [-0.1, -0.05) is 19.3 Å². The molecule has 0 unspecified atom stereocenters. The van der Waals surface area contributed by atoms with E-state index in [1.807, 2.05) is 0 Å². The molecule has 4 amide bonds. The zero-order valence-corrected chi connectivity index (χ0v) is 23.6. The highest BCUT2D eigenvalue weighted by atomic mass is 16.2. The lowest BCUT2D eigenvalue weighted by Crippen LogP contribution is -2.47. The average molecular weight is 540 g/mol. The highest BCUT2D eigenvalue weighted by Gasteiger charge is 2.17. The highest BCUT2D eigenvalue weighted by molar-refractivity contribution is 5.84. The van der Waals surface area contributed by atoms with Gasteiger partial charge in [-0.05, 0) is 52.4 Å². The number of hydrogen-bond donors (Lipinski definition) is 4. The molecule has 4 N–H and O–H groups in total. The third-order valence-electron chi connectivity index (χ3n) is 5.84. The topological polar surface area (TPSA) is 154 Å². The van der Waals surface area contributed by atoms with Gasteiger partial charge in [0.2, 0.25) is 23.6 Å². The number of unbranched alkanes of at least 4 members (excludes halogenated alkanes) is 6. The van der Waals surface area contributed by atoms with Gasteiger partial charge < -0.3 is 30.9 Å². The number of Topliss-reactive ketones (excluding diaryl/α,β-unsaturated/α-hetero) is 2. The molecule has 218 valence electrons. The maximum Gasteiger partial charge on any atom is 0.234 e. The summed E-state index contributed by atoms with van der Waals surface area (Å²) in [5.41, 5.74) is 0. The van der Waals surface area contributed by atoms with E-state index in [4.69, 9.17) is 0 Å². The quantitative estimate of drug-likeness (QED) is 0.135. The van der Waals surface area contributed by atoms with Crippen LogP contribution in [0.3, 0.4) is 0 Å². The number of hydrogen-bond acceptors (Lipinski definition) is 7. The molecule has 0 radical (unpaired) electrons. The van der Waals surface area contributed by atoms with Crippen molar-refractivity contribution in [3.05, 3.63) is 0 Å². The largest absolute Gasteiger partial charge is 0.359 e. The van der Waals surface area contributed by atoms with Crippen molar-refractivity contribution in [3.8, 4) is 0 Å². The number of rotatable bonds is 24. The van der Waals surface area contributed by atoms with Gasteiger partial charge in [0.05, 0.1) is 19.6 Å². The number of carbonyl (C=O) groups excluding carboxylic acids is 6. The Morgan fingerprint density at radius 1 is 0.474 bits per heavy atom. The molecule has 0 rings (SSSR count). The molecule has 0 bridgehead atoms. The second kappa shape index (κ2) is 23.3. The Morgan fingerprint density at radius 3 is 1.13 bits per heavy atom. The molecule has 11 nitrogen and oxygen atoms in total. The van der Waals surface area contributed by atoms with Crippen LogP contribution in [0, 0.1) is 0 Å². The summed E-state index contributed by atoms with van der Waals surface area (Å²) in [6, 6.07) is 0. The Balaban J connectivity index is 4.51. The van der Waals surface area contributed by atoms with Crippen LogP contribution in [0.5, 0.6) is 0 Å². The van der Waals surface area contributed by atoms with Crippen molar-refractivity contribution in [1.29, 1.82) is 0 Å². The van der Waals surface area contributed by atoms with Crippen molar-refractivity contribution in [2.45, 2.75) is 90.9 Å². The monoisotopic (exact) mass is 539 g/mol. The Labute approximate surface area is 227 Å². The molecule has 0 aliphatic rings. The summed E-state index contributed by atoms with van der Waals surface area (Å²) in [6.07, 6.45) is 8.57. The van der Waals surface area contributed by atoms with Crippen LogP contribution in [0.25, 0.3) is 0 Å². The van der Waals surface area contributed by atoms with Crippen LogP contribution in [0.4, 0.5) is 0 Å². The second-order valence-corrected chi connectivity index (χ2v) is 9.70. The van der Waals surface area contributed by atoms with E-state index in [1.54, 1.807) is 20.9 Å². The summed E-state index contributed by atoms with van der Waals surface area (Å²) in [6.45, 7) is 4.27. The summed E-state index contributed by atoms with van der Waals surface area (Å²) in [5, 5.41) is 11.0. The lowest BCUT2D eigenvalue weighted by Gasteiger charge is -2.21. The molecule has 0 aromatic rings. The lowest BCUT2D eigenvalue weighted by atomic mass is 10.1. The van der Waals surface area contributed by atoms with E-state index >= 15 is 0 Å². The average Bonchev–Trinajstić information content (AvgIpc) is 2.84. The molecular weight excluding hydrogens is 490 g/mol. The van der Waals surface area contributed by atoms with Crippen LogP contribution in [-0.2, 0) is 28.8 Å². The zero-order valence-electron chi connectivity index (χ0n) is 23.6. The van der Waals surface area contributed by atoms with E-state index in [2.05, 4.69) is 21.3 Å². The fourth-order valence-electron chi connectivity index (χ4n) is 3.69. The number of amides is 4. The third kappa shape index (κ3) is 23.6. The van der Waals surface area contributed by atoms with E-state index in [0.29, 0.717) is 38.9 Å². The van der Waals surface area contributed by atoms with Crippen molar-refractivity contribution in [2.75, 3.05) is 46.3 Å². The Kier molecular flexibility index (Phi) is 21.6. The first-order valence-electron chi connectivity index (χ1n) is 13.9. The van der Waals surface area contributed by atoms with Crippen molar-refractivity contribution in [3.63, 3.8) is 0 Å². The van der Waals surface area contributed by atoms with Crippen molar-refractivity contribution >= 4 is 35.2 Å².